The van der Waals surface area contributed by atoms with Gasteiger partial charge in [-0.3, -0.25) is 4.90 Å². The number of hydrogen-bond acceptors (Lipinski definition) is 3. The molecule has 1 aromatic carbocycles. The number of nitrogens with one attached hydrogen (secondary N) is 1. The maximum absolute atomic E-state index is 12.3. The SMILES string of the molecule is CNCC1CCCN(C(C)c2cccc(OC(F)F)c2)C1. The molecule has 2 atom stereocenters. The molecule has 0 saturated carbocycles. The van der Waals surface area contributed by atoms with Crippen molar-refractivity contribution in [3.8, 4) is 5.75 Å². The monoisotopic (exact) mass is 298 g/mol. The second-order valence-electron chi connectivity index (χ2n) is 5.69. The zero-order valence-electron chi connectivity index (χ0n) is 12.7. The molecule has 1 fully saturated rings. The van der Waals surface area contributed by atoms with Gasteiger partial charge in [0.15, 0.2) is 0 Å². The Morgan fingerprint density at radius 3 is 2.95 bits per heavy atom. The molecule has 21 heavy (non-hydrogen) atoms. The molecule has 1 heterocycles. The van der Waals surface area contributed by atoms with Crippen LogP contribution in [0, 0.1) is 5.92 Å². The number of likely N-dealkylation sites (tertiary alicyclic amines) is 1. The van der Waals surface area contributed by atoms with Gasteiger partial charge in [-0.1, -0.05) is 12.1 Å². The van der Waals surface area contributed by atoms with Crippen LogP contribution in [0.2, 0.25) is 0 Å². The summed E-state index contributed by atoms with van der Waals surface area (Å²) in [7, 11) is 1.98. The first-order valence-electron chi connectivity index (χ1n) is 7.53. The molecule has 0 spiro atoms. The first-order valence-corrected chi connectivity index (χ1v) is 7.53. The van der Waals surface area contributed by atoms with Crippen molar-refractivity contribution in [2.45, 2.75) is 32.4 Å². The Balaban J connectivity index is 2.03. The van der Waals surface area contributed by atoms with Crippen LogP contribution in [0.5, 0.6) is 5.75 Å². The summed E-state index contributed by atoms with van der Waals surface area (Å²) in [6.45, 7) is 2.48. The van der Waals surface area contributed by atoms with E-state index < -0.39 is 6.61 Å². The maximum atomic E-state index is 12.3. The van der Waals surface area contributed by atoms with E-state index in [0.29, 0.717) is 5.92 Å². The number of benzene rings is 1. The van der Waals surface area contributed by atoms with E-state index in [2.05, 4.69) is 21.9 Å². The topological polar surface area (TPSA) is 24.5 Å². The van der Waals surface area contributed by atoms with Crippen LogP contribution in [0.25, 0.3) is 0 Å². The van der Waals surface area contributed by atoms with Crippen LogP contribution < -0.4 is 10.1 Å². The van der Waals surface area contributed by atoms with Crippen molar-refractivity contribution in [2.75, 3.05) is 26.7 Å². The highest BCUT2D eigenvalue weighted by Gasteiger charge is 2.24. The van der Waals surface area contributed by atoms with Crippen LogP contribution in [0.1, 0.15) is 31.4 Å². The number of nitrogens with zero attached hydrogens (tertiary/aromatic N) is 1. The third kappa shape index (κ3) is 4.64. The molecule has 0 radical (unpaired) electrons. The van der Waals surface area contributed by atoms with Crippen molar-refractivity contribution >= 4 is 0 Å². The Morgan fingerprint density at radius 1 is 1.43 bits per heavy atom. The van der Waals surface area contributed by atoms with Gasteiger partial charge in [0.1, 0.15) is 5.75 Å². The molecule has 0 bridgehead atoms. The highest BCUT2D eigenvalue weighted by Crippen LogP contribution is 2.28. The Bertz CT molecular complexity index is 440. The highest BCUT2D eigenvalue weighted by molar-refractivity contribution is 5.30. The van der Waals surface area contributed by atoms with E-state index in [1.807, 2.05) is 13.1 Å². The van der Waals surface area contributed by atoms with Gasteiger partial charge in [-0.05, 0) is 63.5 Å². The number of hydrogen-bond donors (Lipinski definition) is 1. The average molecular weight is 298 g/mol. The first-order chi connectivity index (χ1) is 10.1. The fourth-order valence-electron chi connectivity index (χ4n) is 3.07. The summed E-state index contributed by atoms with van der Waals surface area (Å²) < 4.78 is 29.1. The van der Waals surface area contributed by atoms with E-state index in [4.69, 9.17) is 0 Å². The molecule has 0 aromatic heterocycles. The predicted molar refractivity (Wildman–Crippen MR) is 79.7 cm³/mol. The molecular weight excluding hydrogens is 274 g/mol. The first kappa shape index (κ1) is 16.2. The quantitative estimate of drug-likeness (QED) is 0.872. The van der Waals surface area contributed by atoms with Crippen LogP contribution in [-0.2, 0) is 0 Å². The van der Waals surface area contributed by atoms with E-state index in [9.17, 15) is 8.78 Å². The van der Waals surface area contributed by atoms with E-state index in [1.54, 1.807) is 18.2 Å². The minimum absolute atomic E-state index is 0.214. The summed E-state index contributed by atoms with van der Waals surface area (Å²) in [4.78, 5) is 2.42. The van der Waals surface area contributed by atoms with Crippen LogP contribution >= 0.6 is 0 Å². The Labute approximate surface area is 125 Å². The maximum Gasteiger partial charge on any atom is 0.387 e. The Morgan fingerprint density at radius 2 is 2.24 bits per heavy atom. The Hall–Kier alpha value is -1.20. The lowest BCUT2D eigenvalue weighted by molar-refractivity contribution is -0.0499. The summed E-state index contributed by atoms with van der Waals surface area (Å²) >= 11 is 0. The smallest absolute Gasteiger partial charge is 0.387 e. The number of ether oxygens (including phenoxy) is 1. The van der Waals surface area contributed by atoms with Crippen LogP contribution in [0.3, 0.4) is 0 Å². The van der Waals surface area contributed by atoms with Crippen LogP contribution in [0.15, 0.2) is 24.3 Å². The predicted octanol–water partition coefficient (Wildman–Crippen LogP) is 3.28. The second-order valence-corrected chi connectivity index (χ2v) is 5.69. The molecule has 5 heteroatoms. The molecule has 1 aliphatic heterocycles. The van der Waals surface area contributed by atoms with Gasteiger partial charge in [-0.15, -0.1) is 0 Å². The normalized spacial score (nSPS) is 21.5. The number of piperidine rings is 1. The van der Waals surface area contributed by atoms with Crippen molar-refractivity contribution in [3.63, 3.8) is 0 Å². The summed E-state index contributed by atoms with van der Waals surface area (Å²) in [6.07, 6.45) is 2.43. The number of halogens is 2. The molecule has 3 nitrogen and oxygen atoms in total. The molecular formula is C16H24F2N2O. The van der Waals surface area contributed by atoms with Crippen LogP contribution in [0.4, 0.5) is 8.78 Å². The van der Waals surface area contributed by atoms with Crippen molar-refractivity contribution in [2.24, 2.45) is 5.92 Å². The van der Waals surface area contributed by atoms with E-state index in [0.717, 1.165) is 25.2 Å². The van der Waals surface area contributed by atoms with Gasteiger partial charge in [-0.25, -0.2) is 0 Å². The molecule has 0 aliphatic carbocycles. The zero-order chi connectivity index (χ0) is 15.2. The van der Waals surface area contributed by atoms with Gasteiger partial charge in [0, 0.05) is 12.6 Å². The lowest BCUT2D eigenvalue weighted by Gasteiger charge is -2.37. The number of rotatable bonds is 6. The fourth-order valence-corrected chi connectivity index (χ4v) is 3.07. The summed E-state index contributed by atoms with van der Waals surface area (Å²) in [5.41, 5.74) is 1.03. The van der Waals surface area contributed by atoms with Gasteiger partial charge in [0.2, 0.25) is 0 Å². The molecule has 1 N–H and O–H groups in total. The highest BCUT2D eigenvalue weighted by atomic mass is 19.3. The van der Waals surface area contributed by atoms with Gasteiger partial charge in [-0.2, -0.15) is 8.78 Å². The average Bonchev–Trinajstić information content (AvgIpc) is 2.47. The van der Waals surface area contributed by atoms with Gasteiger partial charge < -0.3 is 10.1 Å². The lowest BCUT2D eigenvalue weighted by Crippen LogP contribution is -2.40. The summed E-state index contributed by atoms with van der Waals surface area (Å²) in [5, 5.41) is 3.24. The van der Waals surface area contributed by atoms with Gasteiger partial charge in [0.05, 0.1) is 0 Å². The van der Waals surface area contributed by atoms with Crippen LogP contribution in [-0.4, -0.2) is 38.2 Å². The second kappa shape index (κ2) is 7.71. The lowest BCUT2D eigenvalue weighted by atomic mass is 9.95. The summed E-state index contributed by atoms with van der Waals surface area (Å²) in [6, 6.07) is 7.26. The molecule has 118 valence electrons. The van der Waals surface area contributed by atoms with E-state index in [-0.39, 0.29) is 11.8 Å². The molecule has 2 rings (SSSR count). The van der Waals surface area contributed by atoms with Gasteiger partial charge >= 0.3 is 6.61 Å². The van der Waals surface area contributed by atoms with Crippen molar-refractivity contribution in [1.82, 2.24) is 10.2 Å². The molecule has 1 aliphatic rings. The Kier molecular flexibility index (Phi) is 5.94. The molecule has 2 unspecified atom stereocenters. The third-order valence-electron chi connectivity index (χ3n) is 4.16. The molecule has 1 saturated heterocycles. The standard InChI is InChI=1S/C16H24F2N2O/c1-12(20-8-4-5-13(11-20)10-19-2)14-6-3-7-15(9-14)21-16(17)18/h3,6-7,9,12-13,16,19H,4-5,8,10-11H2,1-2H3. The fraction of sp³-hybridized carbons (Fsp3) is 0.625. The van der Waals surface area contributed by atoms with Crippen molar-refractivity contribution < 1.29 is 13.5 Å². The molecule has 0 amide bonds. The number of alkyl halides is 2. The molecule has 1 aromatic rings. The van der Waals surface area contributed by atoms with E-state index in [1.165, 1.54) is 12.8 Å². The van der Waals surface area contributed by atoms with E-state index >= 15 is 0 Å². The van der Waals surface area contributed by atoms with Crippen molar-refractivity contribution in [1.29, 1.82) is 0 Å². The largest absolute Gasteiger partial charge is 0.435 e. The van der Waals surface area contributed by atoms with Gasteiger partial charge in [0.25, 0.3) is 0 Å². The van der Waals surface area contributed by atoms with Crippen molar-refractivity contribution in [3.05, 3.63) is 29.8 Å². The minimum atomic E-state index is -2.77. The third-order valence-corrected chi connectivity index (χ3v) is 4.16. The minimum Gasteiger partial charge on any atom is -0.435 e. The summed E-state index contributed by atoms with van der Waals surface area (Å²) in [5.74, 6) is 0.893. The zero-order valence-corrected chi connectivity index (χ0v) is 12.7.